The lowest BCUT2D eigenvalue weighted by Crippen LogP contribution is -2.37. The molecule has 3 nitrogen and oxygen atoms in total. The first kappa shape index (κ1) is 18.4. The van der Waals surface area contributed by atoms with Gasteiger partial charge in [0, 0.05) is 6.04 Å². The fourth-order valence-corrected chi connectivity index (χ4v) is 3.36. The lowest BCUT2D eigenvalue weighted by Gasteiger charge is -2.26. The smallest absolute Gasteiger partial charge is 0.0942 e. The first-order valence-electron chi connectivity index (χ1n) is 9.35. The number of nitrogens with one attached hydrogen (secondary N) is 1. The van der Waals surface area contributed by atoms with Crippen LogP contribution < -0.4 is 5.32 Å². The zero-order chi connectivity index (χ0) is 16.5. The van der Waals surface area contributed by atoms with Gasteiger partial charge in [0.2, 0.25) is 0 Å². The summed E-state index contributed by atoms with van der Waals surface area (Å²) in [6, 6.07) is 10.2. The van der Waals surface area contributed by atoms with Crippen molar-refractivity contribution in [3.05, 3.63) is 35.9 Å². The number of aliphatic hydroxyl groups excluding tert-OH is 1. The molecule has 1 heterocycles. The molecule has 3 heteroatoms. The number of rotatable bonds is 10. The van der Waals surface area contributed by atoms with Gasteiger partial charge < -0.3 is 15.3 Å². The van der Waals surface area contributed by atoms with Crippen LogP contribution in [0.2, 0.25) is 0 Å². The molecule has 2 rings (SSSR count). The Morgan fingerprint density at radius 1 is 1.09 bits per heavy atom. The molecule has 0 amide bonds. The fourth-order valence-electron chi connectivity index (χ4n) is 3.36. The van der Waals surface area contributed by atoms with Gasteiger partial charge in [-0.05, 0) is 69.8 Å². The maximum absolute atomic E-state index is 10.7. The highest BCUT2D eigenvalue weighted by Gasteiger charge is 2.20. The molecule has 2 N–H and O–H groups in total. The van der Waals surface area contributed by atoms with Gasteiger partial charge in [0.25, 0.3) is 0 Å². The average Bonchev–Trinajstić information content (AvgIpc) is 3.07. The van der Waals surface area contributed by atoms with Gasteiger partial charge in [-0.2, -0.15) is 0 Å². The highest BCUT2D eigenvalue weighted by atomic mass is 16.3. The van der Waals surface area contributed by atoms with Gasteiger partial charge in [-0.15, -0.1) is 0 Å². The Bertz CT molecular complexity index is 415. The van der Waals surface area contributed by atoms with E-state index in [9.17, 15) is 5.11 Å². The maximum atomic E-state index is 10.7. The molecule has 130 valence electrons. The second kappa shape index (κ2) is 10.1. The van der Waals surface area contributed by atoms with Crippen LogP contribution in [0.3, 0.4) is 0 Å². The third-order valence-electron chi connectivity index (χ3n) is 4.83. The molecular formula is C20H34N2O. The number of hydrogen-bond acceptors (Lipinski definition) is 3. The zero-order valence-corrected chi connectivity index (χ0v) is 14.9. The standard InChI is InChI=1S/C20H34N2O/c1-17(2)11-12-19(20(23)18-9-4-3-5-10-18)21-13-8-16-22-14-6-7-15-22/h3-5,9-10,17,19-21,23H,6-8,11-16H2,1-2H3/t19-,20+/m0/s1. The van der Waals surface area contributed by atoms with E-state index < -0.39 is 6.10 Å². The van der Waals surface area contributed by atoms with E-state index in [1.54, 1.807) is 0 Å². The Morgan fingerprint density at radius 3 is 2.43 bits per heavy atom. The molecule has 23 heavy (non-hydrogen) atoms. The molecule has 1 aliphatic rings. The van der Waals surface area contributed by atoms with Crippen LogP contribution in [-0.2, 0) is 0 Å². The molecule has 0 aromatic heterocycles. The zero-order valence-electron chi connectivity index (χ0n) is 14.9. The second-order valence-electron chi connectivity index (χ2n) is 7.29. The third-order valence-corrected chi connectivity index (χ3v) is 4.83. The van der Waals surface area contributed by atoms with E-state index in [1.807, 2.05) is 30.3 Å². The van der Waals surface area contributed by atoms with Crippen molar-refractivity contribution in [2.75, 3.05) is 26.2 Å². The SMILES string of the molecule is CC(C)CC[C@H](NCCCN1CCCC1)[C@H](O)c1ccccc1. The van der Waals surface area contributed by atoms with Gasteiger partial charge in [-0.1, -0.05) is 44.2 Å². The largest absolute Gasteiger partial charge is 0.387 e. The summed E-state index contributed by atoms with van der Waals surface area (Å²) in [7, 11) is 0. The molecule has 0 aliphatic carbocycles. The maximum Gasteiger partial charge on any atom is 0.0942 e. The number of benzene rings is 1. The minimum absolute atomic E-state index is 0.151. The summed E-state index contributed by atoms with van der Waals surface area (Å²) >= 11 is 0. The summed E-state index contributed by atoms with van der Waals surface area (Å²) in [6.07, 6.45) is 5.64. The van der Waals surface area contributed by atoms with E-state index in [4.69, 9.17) is 0 Å². The molecule has 0 radical (unpaired) electrons. The van der Waals surface area contributed by atoms with Gasteiger partial charge in [0.15, 0.2) is 0 Å². The third kappa shape index (κ3) is 6.62. The molecule has 1 fully saturated rings. The number of aliphatic hydroxyl groups is 1. The summed E-state index contributed by atoms with van der Waals surface area (Å²) in [5.41, 5.74) is 1.02. The first-order chi connectivity index (χ1) is 11.2. The lowest BCUT2D eigenvalue weighted by atomic mass is 9.95. The Balaban J connectivity index is 1.80. The van der Waals surface area contributed by atoms with Crippen molar-refractivity contribution in [2.24, 2.45) is 5.92 Å². The number of likely N-dealkylation sites (tertiary alicyclic amines) is 1. The molecule has 0 saturated carbocycles. The average molecular weight is 319 g/mol. The fraction of sp³-hybridized carbons (Fsp3) is 0.700. The van der Waals surface area contributed by atoms with Crippen molar-refractivity contribution in [1.29, 1.82) is 0 Å². The first-order valence-corrected chi connectivity index (χ1v) is 9.35. The highest BCUT2D eigenvalue weighted by Crippen LogP contribution is 2.21. The van der Waals surface area contributed by atoms with Gasteiger partial charge in [0.1, 0.15) is 0 Å². The van der Waals surface area contributed by atoms with E-state index in [2.05, 4.69) is 24.1 Å². The summed E-state index contributed by atoms with van der Waals surface area (Å²) in [6.45, 7) is 9.21. The molecule has 2 atom stereocenters. The summed E-state index contributed by atoms with van der Waals surface area (Å²) in [5.74, 6) is 0.673. The van der Waals surface area contributed by atoms with Crippen molar-refractivity contribution in [3.63, 3.8) is 0 Å². The second-order valence-corrected chi connectivity index (χ2v) is 7.29. The van der Waals surface area contributed by atoms with Gasteiger partial charge in [-0.3, -0.25) is 0 Å². The van der Waals surface area contributed by atoms with Crippen LogP contribution >= 0.6 is 0 Å². The van der Waals surface area contributed by atoms with Crippen LogP contribution in [0.15, 0.2) is 30.3 Å². The predicted molar refractivity (Wildman–Crippen MR) is 97.6 cm³/mol. The van der Waals surface area contributed by atoms with Gasteiger partial charge in [0.05, 0.1) is 6.10 Å². The minimum atomic E-state index is -0.415. The normalized spacial score (nSPS) is 18.4. The molecular weight excluding hydrogens is 284 g/mol. The molecule has 1 aromatic rings. The molecule has 1 aromatic carbocycles. The Morgan fingerprint density at radius 2 is 1.78 bits per heavy atom. The lowest BCUT2D eigenvalue weighted by molar-refractivity contribution is 0.120. The number of nitrogens with zero attached hydrogens (tertiary/aromatic N) is 1. The van der Waals surface area contributed by atoms with E-state index in [-0.39, 0.29) is 6.04 Å². The van der Waals surface area contributed by atoms with Crippen LogP contribution in [0.1, 0.15) is 57.6 Å². The van der Waals surface area contributed by atoms with Gasteiger partial charge in [-0.25, -0.2) is 0 Å². The van der Waals surface area contributed by atoms with Crippen molar-refractivity contribution in [3.8, 4) is 0 Å². The number of hydrogen-bond donors (Lipinski definition) is 2. The van der Waals surface area contributed by atoms with Crippen molar-refractivity contribution in [2.45, 2.75) is 58.1 Å². The van der Waals surface area contributed by atoms with E-state index >= 15 is 0 Å². The Labute approximate surface area is 142 Å². The van der Waals surface area contributed by atoms with E-state index in [0.717, 1.165) is 24.9 Å². The quantitative estimate of drug-likeness (QED) is 0.647. The Kier molecular flexibility index (Phi) is 8.07. The van der Waals surface area contributed by atoms with Crippen LogP contribution in [-0.4, -0.2) is 42.2 Å². The monoisotopic (exact) mass is 318 g/mol. The van der Waals surface area contributed by atoms with Crippen molar-refractivity contribution >= 4 is 0 Å². The molecule has 0 bridgehead atoms. The van der Waals surface area contributed by atoms with E-state index in [0.29, 0.717) is 5.92 Å². The van der Waals surface area contributed by atoms with E-state index in [1.165, 1.54) is 38.9 Å². The highest BCUT2D eigenvalue weighted by molar-refractivity contribution is 5.18. The summed E-state index contributed by atoms with van der Waals surface area (Å²) in [4.78, 5) is 2.55. The summed E-state index contributed by atoms with van der Waals surface area (Å²) < 4.78 is 0. The van der Waals surface area contributed by atoms with Crippen LogP contribution in [0.4, 0.5) is 0 Å². The van der Waals surface area contributed by atoms with Crippen LogP contribution in [0.5, 0.6) is 0 Å². The minimum Gasteiger partial charge on any atom is -0.387 e. The molecule has 0 spiro atoms. The van der Waals surface area contributed by atoms with Crippen LogP contribution in [0, 0.1) is 5.92 Å². The van der Waals surface area contributed by atoms with Crippen LogP contribution in [0.25, 0.3) is 0 Å². The Hall–Kier alpha value is -0.900. The summed E-state index contributed by atoms with van der Waals surface area (Å²) in [5, 5.41) is 14.4. The topological polar surface area (TPSA) is 35.5 Å². The molecule has 1 saturated heterocycles. The molecule has 1 aliphatic heterocycles. The van der Waals surface area contributed by atoms with Crippen molar-refractivity contribution < 1.29 is 5.11 Å². The molecule has 0 unspecified atom stereocenters. The van der Waals surface area contributed by atoms with Gasteiger partial charge >= 0.3 is 0 Å². The van der Waals surface area contributed by atoms with Crippen molar-refractivity contribution in [1.82, 2.24) is 10.2 Å². The predicted octanol–water partition coefficient (Wildman–Crippen LogP) is 3.60.